The van der Waals surface area contributed by atoms with Crippen molar-refractivity contribution in [3.63, 3.8) is 0 Å². The van der Waals surface area contributed by atoms with Crippen molar-refractivity contribution < 1.29 is 19.5 Å². The molecule has 1 fully saturated rings. The Morgan fingerprint density at radius 2 is 2.00 bits per heavy atom. The molecular weight excluding hydrogens is 236 g/mol. The standard InChI is InChI=1S/C12H20N2O4/c1-9(12(17)18)13-10(15)8-14-7-5-3-2-4-6-11(14)16/h9H,2-8H2,1H3,(H,13,15)(H,17,18)/t9-/m1/s1. The Morgan fingerprint density at radius 3 is 2.67 bits per heavy atom. The van der Waals surface area contributed by atoms with Crippen LogP contribution in [0.25, 0.3) is 0 Å². The summed E-state index contributed by atoms with van der Waals surface area (Å²) in [6.45, 7) is 1.93. The lowest BCUT2D eigenvalue weighted by Gasteiger charge is -2.24. The van der Waals surface area contributed by atoms with E-state index >= 15 is 0 Å². The molecule has 0 bridgehead atoms. The third-order valence-electron chi connectivity index (χ3n) is 3.00. The van der Waals surface area contributed by atoms with Crippen LogP contribution in [0.3, 0.4) is 0 Å². The van der Waals surface area contributed by atoms with Crippen molar-refractivity contribution >= 4 is 17.8 Å². The first kappa shape index (κ1) is 14.5. The van der Waals surface area contributed by atoms with E-state index in [1.165, 1.54) is 11.8 Å². The second kappa shape index (κ2) is 6.98. The van der Waals surface area contributed by atoms with Crippen molar-refractivity contribution in [3.05, 3.63) is 0 Å². The monoisotopic (exact) mass is 256 g/mol. The van der Waals surface area contributed by atoms with E-state index < -0.39 is 17.9 Å². The van der Waals surface area contributed by atoms with Crippen LogP contribution in [0.1, 0.15) is 39.0 Å². The van der Waals surface area contributed by atoms with Gasteiger partial charge in [-0.2, -0.15) is 0 Å². The minimum atomic E-state index is -1.08. The van der Waals surface area contributed by atoms with E-state index in [9.17, 15) is 14.4 Å². The highest BCUT2D eigenvalue weighted by Gasteiger charge is 2.20. The SMILES string of the molecule is C[C@@H](NC(=O)CN1CCCCCCC1=O)C(=O)O. The molecule has 1 heterocycles. The minimum Gasteiger partial charge on any atom is -0.480 e. The fourth-order valence-electron chi connectivity index (χ4n) is 1.90. The fraction of sp³-hybridized carbons (Fsp3) is 0.750. The largest absolute Gasteiger partial charge is 0.480 e. The molecule has 2 N–H and O–H groups in total. The summed E-state index contributed by atoms with van der Waals surface area (Å²) < 4.78 is 0. The second-order valence-corrected chi connectivity index (χ2v) is 4.61. The third-order valence-corrected chi connectivity index (χ3v) is 3.00. The Hall–Kier alpha value is -1.59. The number of carbonyl (C=O) groups excluding carboxylic acids is 2. The zero-order valence-corrected chi connectivity index (χ0v) is 10.6. The smallest absolute Gasteiger partial charge is 0.325 e. The quantitative estimate of drug-likeness (QED) is 0.760. The third kappa shape index (κ3) is 4.73. The van der Waals surface area contributed by atoms with Crippen LogP contribution in [0.2, 0.25) is 0 Å². The molecule has 0 spiro atoms. The number of carbonyl (C=O) groups is 3. The van der Waals surface area contributed by atoms with Crippen LogP contribution in [0.4, 0.5) is 0 Å². The molecule has 2 amide bonds. The van der Waals surface area contributed by atoms with E-state index in [0.29, 0.717) is 13.0 Å². The van der Waals surface area contributed by atoms with Gasteiger partial charge in [0, 0.05) is 13.0 Å². The number of carboxylic acid groups (broad SMARTS) is 1. The summed E-state index contributed by atoms with van der Waals surface area (Å²) in [5.41, 5.74) is 0. The number of hydrogen-bond donors (Lipinski definition) is 2. The first-order valence-corrected chi connectivity index (χ1v) is 6.30. The Morgan fingerprint density at radius 1 is 1.33 bits per heavy atom. The number of likely N-dealkylation sites (tertiary alicyclic amines) is 1. The summed E-state index contributed by atoms with van der Waals surface area (Å²) in [4.78, 5) is 35.5. The lowest BCUT2D eigenvalue weighted by molar-refractivity contribution is -0.142. The van der Waals surface area contributed by atoms with E-state index in [1.54, 1.807) is 0 Å². The van der Waals surface area contributed by atoms with Crippen molar-refractivity contribution in [2.75, 3.05) is 13.1 Å². The summed E-state index contributed by atoms with van der Waals surface area (Å²) in [6, 6.07) is -0.928. The average Bonchev–Trinajstić information content (AvgIpc) is 2.28. The van der Waals surface area contributed by atoms with Gasteiger partial charge in [0.15, 0.2) is 0 Å². The predicted octanol–water partition coefficient (Wildman–Crippen LogP) is 0.368. The van der Waals surface area contributed by atoms with Crippen LogP contribution >= 0.6 is 0 Å². The lowest BCUT2D eigenvalue weighted by atomic mass is 10.1. The predicted molar refractivity (Wildman–Crippen MR) is 64.9 cm³/mol. The molecule has 0 radical (unpaired) electrons. The van der Waals surface area contributed by atoms with Gasteiger partial charge in [-0.3, -0.25) is 14.4 Å². The number of nitrogens with one attached hydrogen (secondary N) is 1. The molecule has 102 valence electrons. The molecule has 0 unspecified atom stereocenters. The zero-order chi connectivity index (χ0) is 13.5. The number of nitrogens with zero attached hydrogens (tertiary/aromatic N) is 1. The summed E-state index contributed by atoms with van der Waals surface area (Å²) >= 11 is 0. The Balaban J connectivity index is 2.45. The van der Waals surface area contributed by atoms with Crippen molar-refractivity contribution in [2.24, 2.45) is 0 Å². The first-order valence-electron chi connectivity index (χ1n) is 6.30. The maximum Gasteiger partial charge on any atom is 0.325 e. The van der Waals surface area contributed by atoms with Gasteiger partial charge in [0.1, 0.15) is 6.04 Å². The van der Waals surface area contributed by atoms with Gasteiger partial charge in [-0.05, 0) is 19.8 Å². The summed E-state index contributed by atoms with van der Waals surface area (Å²) in [6.07, 6.45) is 4.36. The number of hydrogen-bond acceptors (Lipinski definition) is 3. The molecular formula is C12H20N2O4. The van der Waals surface area contributed by atoms with E-state index in [-0.39, 0.29) is 12.5 Å². The van der Waals surface area contributed by atoms with Gasteiger partial charge in [0.05, 0.1) is 6.54 Å². The van der Waals surface area contributed by atoms with Crippen LogP contribution in [-0.4, -0.2) is 46.9 Å². The fourth-order valence-corrected chi connectivity index (χ4v) is 1.90. The molecule has 1 rings (SSSR count). The molecule has 6 nitrogen and oxygen atoms in total. The topological polar surface area (TPSA) is 86.7 Å². The molecule has 1 aliphatic heterocycles. The van der Waals surface area contributed by atoms with Gasteiger partial charge in [0.2, 0.25) is 11.8 Å². The highest BCUT2D eigenvalue weighted by atomic mass is 16.4. The van der Waals surface area contributed by atoms with Gasteiger partial charge in [-0.1, -0.05) is 12.8 Å². The molecule has 0 aromatic carbocycles. The Labute approximate surface area is 106 Å². The van der Waals surface area contributed by atoms with Crippen molar-refractivity contribution in [1.29, 1.82) is 0 Å². The normalized spacial score (nSPS) is 18.7. The molecule has 0 aromatic heterocycles. The molecule has 18 heavy (non-hydrogen) atoms. The van der Waals surface area contributed by atoms with Crippen LogP contribution in [0.5, 0.6) is 0 Å². The second-order valence-electron chi connectivity index (χ2n) is 4.61. The van der Waals surface area contributed by atoms with Gasteiger partial charge < -0.3 is 15.3 Å². The van der Waals surface area contributed by atoms with E-state index in [2.05, 4.69) is 5.32 Å². The average molecular weight is 256 g/mol. The zero-order valence-electron chi connectivity index (χ0n) is 10.6. The van der Waals surface area contributed by atoms with Crippen LogP contribution < -0.4 is 5.32 Å². The minimum absolute atomic E-state index is 0.0205. The van der Waals surface area contributed by atoms with Gasteiger partial charge in [-0.25, -0.2) is 0 Å². The van der Waals surface area contributed by atoms with Crippen LogP contribution in [0, 0.1) is 0 Å². The van der Waals surface area contributed by atoms with Crippen molar-refractivity contribution in [3.8, 4) is 0 Å². The lowest BCUT2D eigenvalue weighted by Crippen LogP contribution is -2.46. The molecule has 1 atom stereocenters. The highest BCUT2D eigenvalue weighted by Crippen LogP contribution is 2.11. The van der Waals surface area contributed by atoms with Crippen LogP contribution in [-0.2, 0) is 14.4 Å². The van der Waals surface area contributed by atoms with Gasteiger partial charge in [-0.15, -0.1) is 0 Å². The number of aliphatic carboxylic acids is 1. The molecule has 1 saturated heterocycles. The summed E-state index contributed by atoms with van der Waals surface area (Å²) in [5.74, 6) is -1.52. The van der Waals surface area contributed by atoms with Gasteiger partial charge in [0.25, 0.3) is 0 Å². The van der Waals surface area contributed by atoms with Crippen molar-refractivity contribution in [2.45, 2.75) is 45.1 Å². The molecule has 6 heteroatoms. The summed E-state index contributed by atoms with van der Waals surface area (Å²) in [7, 11) is 0. The Kier molecular flexibility index (Phi) is 5.61. The first-order chi connectivity index (χ1) is 8.50. The number of carboxylic acids is 1. The molecule has 0 aromatic rings. The maximum absolute atomic E-state index is 11.8. The molecule has 1 aliphatic rings. The van der Waals surface area contributed by atoms with E-state index in [0.717, 1.165) is 25.7 Å². The number of amides is 2. The highest BCUT2D eigenvalue weighted by molar-refractivity contribution is 5.87. The molecule has 0 saturated carbocycles. The van der Waals surface area contributed by atoms with E-state index in [4.69, 9.17) is 5.11 Å². The molecule has 0 aliphatic carbocycles. The van der Waals surface area contributed by atoms with Gasteiger partial charge >= 0.3 is 5.97 Å². The van der Waals surface area contributed by atoms with E-state index in [1.807, 2.05) is 0 Å². The number of rotatable bonds is 4. The van der Waals surface area contributed by atoms with Crippen molar-refractivity contribution in [1.82, 2.24) is 10.2 Å². The maximum atomic E-state index is 11.8. The summed E-state index contributed by atoms with van der Waals surface area (Å²) in [5, 5.41) is 11.0. The Bertz CT molecular complexity index is 330. The van der Waals surface area contributed by atoms with Crippen LogP contribution in [0.15, 0.2) is 0 Å².